The van der Waals surface area contributed by atoms with E-state index in [9.17, 15) is 13.0 Å². The van der Waals surface area contributed by atoms with Crippen LogP contribution >= 0.6 is 11.6 Å². The van der Waals surface area contributed by atoms with E-state index in [1.807, 2.05) is 0 Å². The first-order chi connectivity index (χ1) is 6.98. The summed E-state index contributed by atoms with van der Waals surface area (Å²) < 4.78 is 32.3. The summed E-state index contributed by atoms with van der Waals surface area (Å²) in [6.45, 7) is 0. The van der Waals surface area contributed by atoms with Gasteiger partial charge in [0, 0.05) is 10.4 Å². The zero-order valence-corrected chi connectivity index (χ0v) is 13.2. The number of benzene rings is 2. The zero-order valence-electron chi connectivity index (χ0n) is 8.48. The van der Waals surface area contributed by atoms with Gasteiger partial charge < -0.3 is 4.55 Å². The number of hydrogen-bond acceptors (Lipinski definition) is 3. The van der Waals surface area contributed by atoms with E-state index in [-0.39, 0.29) is 56.3 Å². The molecular formula is C10H6ClKO3S. The van der Waals surface area contributed by atoms with E-state index in [1.54, 1.807) is 18.2 Å². The molecule has 2 aromatic rings. The van der Waals surface area contributed by atoms with Crippen molar-refractivity contribution in [3.63, 3.8) is 0 Å². The van der Waals surface area contributed by atoms with Gasteiger partial charge in [-0.3, -0.25) is 0 Å². The maximum atomic E-state index is 10.8. The summed E-state index contributed by atoms with van der Waals surface area (Å²) in [6.07, 6.45) is 0. The van der Waals surface area contributed by atoms with Gasteiger partial charge in [-0.15, -0.1) is 0 Å². The molecule has 0 atom stereocenters. The molecule has 16 heavy (non-hydrogen) atoms. The molecule has 0 heterocycles. The van der Waals surface area contributed by atoms with Crippen LogP contribution in [0.4, 0.5) is 0 Å². The fourth-order valence-electron chi connectivity index (χ4n) is 1.38. The summed E-state index contributed by atoms with van der Waals surface area (Å²) in [5, 5.41) is 1.90. The van der Waals surface area contributed by atoms with Crippen molar-refractivity contribution >= 4 is 32.5 Å². The van der Waals surface area contributed by atoms with Gasteiger partial charge in [0.1, 0.15) is 10.1 Å². The first-order valence-electron chi connectivity index (χ1n) is 4.13. The Labute approximate surface area is 141 Å². The Bertz CT molecular complexity index is 625. The average Bonchev–Trinajstić information content (AvgIpc) is 2.16. The Balaban J connectivity index is 0.00000128. The Hall–Kier alpha value is 0.536. The molecule has 0 bridgehead atoms. The van der Waals surface area contributed by atoms with Crippen LogP contribution < -0.4 is 51.4 Å². The van der Waals surface area contributed by atoms with Crippen LogP contribution in [0.25, 0.3) is 10.8 Å². The van der Waals surface area contributed by atoms with Crippen LogP contribution in [0.2, 0.25) is 5.02 Å². The van der Waals surface area contributed by atoms with Crippen LogP contribution in [0.15, 0.2) is 41.3 Å². The molecule has 78 valence electrons. The average molecular weight is 281 g/mol. The second kappa shape index (κ2) is 5.45. The molecular weight excluding hydrogens is 275 g/mol. The van der Waals surface area contributed by atoms with Crippen LogP contribution in [0.5, 0.6) is 0 Å². The van der Waals surface area contributed by atoms with Gasteiger partial charge in [0.2, 0.25) is 0 Å². The van der Waals surface area contributed by atoms with Crippen molar-refractivity contribution in [3.05, 3.63) is 41.4 Å². The topological polar surface area (TPSA) is 57.2 Å². The van der Waals surface area contributed by atoms with Gasteiger partial charge in [0.05, 0.1) is 4.90 Å². The molecule has 0 N–H and O–H groups in total. The van der Waals surface area contributed by atoms with E-state index in [2.05, 4.69) is 0 Å². The third-order valence-electron chi connectivity index (χ3n) is 2.09. The molecule has 2 rings (SSSR count). The van der Waals surface area contributed by atoms with Crippen LogP contribution in [-0.2, 0) is 10.1 Å². The summed E-state index contributed by atoms with van der Waals surface area (Å²) >= 11 is 5.90. The Morgan fingerprint density at radius 3 is 2.44 bits per heavy atom. The van der Waals surface area contributed by atoms with E-state index in [0.29, 0.717) is 10.4 Å². The predicted molar refractivity (Wildman–Crippen MR) is 56.9 cm³/mol. The Morgan fingerprint density at radius 2 is 1.81 bits per heavy atom. The molecule has 0 aliphatic heterocycles. The molecule has 0 radical (unpaired) electrons. The summed E-state index contributed by atoms with van der Waals surface area (Å²) in [5.41, 5.74) is 0. The SMILES string of the molecule is O=S(=O)([O-])c1ccc2c(Cl)cccc2c1.[K+]. The second-order valence-electron chi connectivity index (χ2n) is 3.08. The molecule has 3 nitrogen and oxygen atoms in total. The summed E-state index contributed by atoms with van der Waals surface area (Å²) in [4.78, 5) is -0.239. The summed E-state index contributed by atoms with van der Waals surface area (Å²) in [6, 6.07) is 9.22. The molecule has 0 saturated heterocycles. The molecule has 0 spiro atoms. The molecule has 0 saturated carbocycles. The summed E-state index contributed by atoms with van der Waals surface area (Å²) in [7, 11) is -4.40. The third kappa shape index (κ3) is 3.05. The van der Waals surface area contributed by atoms with E-state index in [1.165, 1.54) is 18.2 Å². The minimum absolute atomic E-state index is 0. The van der Waals surface area contributed by atoms with E-state index in [4.69, 9.17) is 11.6 Å². The van der Waals surface area contributed by atoms with E-state index >= 15 is 0 Å². The van der Waals surface area contributed by atoms with Gasteiger partial charge in [-0.2, -0.15) is 0 Å². The van der Waals surface area contributed by atoms with Gasteiger partial charge in [-0.05, 0) is 23.6 Å². The van der Waals surface area contributed by atoms with Crippen molar-refractivity contribution in [1.82, 2.24) is 0 Å². The van der Waals surface area contributed by atoms with Crippen LogP contribution in [-0.4, -0.2) is 13.0 Å². The van der Waals surface area contributed by atoms with Gasteiger partial charge in [-0.25, -0.2) is 8.42 Å². The van der Waals surface area contributed by atoms with Crippen LogP contribution in [0.1, 0.15) is 0 Å². The minimum atomic E-state index is -4.40. The first-order valence-corrected chi connectivity index (χ1v) is 5.91. The second-order valence-corrected chi connectivity index (χ2v) is 4.86. The largest absolute Gasteiger partial charge is 1.00 e. The predicted octanol–water partition coefficient (Wildman–Crippen LogP) is -0.599. The maximum Gasteiger partial charge on any atom is 1.00 e. The fourth-order valence-corrected chi connectivity index (χ4v) is 2.13. The molecule has 2 aromatic carbocycles. The number of fused-ring (bicyclic) bond motifs is 1. The molecule has 0 unspecified atom stereocenters. The van der Waals surface area contributed by atoms with Crippen LogP contribution in [0, 0.1) is 0 Å². The minimum Gasteiger partial charge on any atom is -0.744 e. The van der Waals surface area contributed by atoms with Crippen molar-refractivity contribution in [2.24, 2.45) is 0 Å². The molecule has 6 heteroatoms. The van der Waals surface area contributed by atoms with Crippen molar-refractivity contribution in [1.29, 1.82) is 0 Å². The Kier molecular flexibility index (Phi) is 4.97. The van der Waals surface area contributed by atoms with Gasteiger partial charge >= 0.3 is 51.4 Å². The van der Waals surface area contributed by atoms with Crippen molar-refractivity contribution in [2.75, 3.05) is 0 Å². The molecule has 0 amide bonds. The number of halogens is 1. The fraction of sp³-hybridized carbons (Fsp3) is 0. The van der Waals surface area contributed by atoms with Crippen molar-refractivity contribution in [3.8, 4) is 0 Å². The van der Waals surface area contributed by atoms with Crippen LogP contribution in [0.3, 0.4) is 0 Å². The number of rotatable bonds is 1. The molecule has 0 aliphatic rings. The maximum absolute atomic E-state index is 10.8. The van der Waals surface area contributed by atoms with Crippen molar-refractivity contribution in [2.45, 2.75) is 4.90 Å². The van der Waals surface area contributed by atoms with Gasteiger partial charge in [0.25, 0.3) is 0 Å². The smallest absolute Gasteiger partial charge is 0.744 e. The van der Waals surface area contributed by atoms with E-state index in [0.717, 1.165) is 5.39 Å². The standard InChI is InChI=1S/C10H7ClO3S.K/c11-10-3-1-2-7-6-8(15(12,13)14)4-5-9(7)10;/h1-6H,(H,12,13,14);/q;+1/p-1. The zero-order chi connectivity index (χ0) is 11.1. The third-order valence-corrected chi connectivity index (χ3v) is 3.25. The monoisotopic (exact) mass is 280 g/mol. The molecule has 0 fully saturated rings. The first kappa shape index (κ1) is 14.6. The molecule has 0 aliphatic carbocycles. The number of hydrogen-bond donors (Lipinski definition) is 0. The van der Waals surface area contributed by atoms with Gasteiger partial charge in [0.15, 0.2) is 0 Å². The Morgan fingerprint density at radius 1 is 1.12 bits per heavy atom. The van der Waals surface area contributed by atoms with Gasteiger partial charge in [-0.1, -0.05) is 29.8 Å². The normalized spacial score (nSPS) is 11.1. The van der Waals surface area contributed by atoms with E-state index < -0.39 is 10.1 Å². The quantitative estimate of drug-likeness (QED) is 0.518. The molecule has 0 aromatic heterocycles. The van der Waals surface area contributed by atoms with Crippen molar-refractivity contribution < 1.29 is 64.4 Å². The summed E-state index contributed by atoms with van der Waals surface area (Å²) in [5.74, 6) is 0.